The number of rotatable bonds is 7. The zero-order valence-corrected chi connectivity index (χ0v) is 27.4. The van der Waals surface area contributed by atoms with Gasteiger partial charge in [-0.3, -0.25) is 14.9 Å². The number of piperidine rings is 1. The molecule has 9 nitrogen and oxygen atoms in total. The van der Waals surface area contributed by atoms with Crippen molar-refractivity contribution in [2.45, 2.75) is 51.2 Å². The van der Waals surface area contributed by atoms with Crippen LogP contribution in [-0.4, -0.2) is 39.6 Å². The maximum absolute atomic E-state index is 9.97. The highest BCUT2D eigenvalue weighted by molar-refractivity contribution is 6.36. The van der Waals surface area contributed by atoms with Crippen molar-refractivity contribution in [2.75, 3.05) is 23.7 Å². The molecule has 0 unspecified atom stereocenters. The maximum Gasteiger partial charge on any atom is 0.103 e. The fourth-order valence-electron chi connectivity index (χ4n) is 6.04. The first-order chi connectivity index (χ1) is 22.1. The number of anilines is 3. The molecule has 0 bridgehead atoms. The van der Waals surface area contributed by atoms with Crippen molar-refractivity contribution in [3.05, 3.63) is 105 Å². The van der Waals surface area contributed by atoms with E-state index in [9.17, 15) is 10.5 Å². The Morgan fingerprint density at radius 2 is 1.74 bits per heavy atom. The Hall–Kier alpha value is -4.51. The van der Waals surface area contributed by atoms with Crippen molar-refractivity contribution in [2.24, 2.45) is 0 Å². The van der Waals surface area contributed by atoms with Gasteiger partial charge in [0.2, 0.25) is 0 Å². The summed E-state index contributed by atoms with van der Waals surface area (Å²) in [6.45, 7) is 8.89. The molecule has 3 heterocycles. The second kappa shape index (κ2) is 13.1. The van der Waals surface area contributed by atoms with Crippen molar-refractivity contribution in [1.82, 2.24) is 25.9 Å². The van der Waals surface area contributed by atoms with E-state index in [0.29, 0.717) is 49.5 Å². The third-order valence-electron chi connectivity index (χ3n) is 8.55. The maximum atomic E-state index is 9.97. The van der Waals surface area contributed by atoms with Gasteiger partial charge in [0.05, 0.1) is 45.2 Å². The number of benzene rings is 3. The van der Waals surface area contributed by atoms with Gasteiger partial charge in [-0.1, -0.05) is 41.4 Å². The summed E-state index contributed by atoms with van der Waals surface area (Å²) in [7, 11) is 0. The molecule has 4 N–H and O–H groups in total. The summed E-state index contributed by atoms with van der Waals surface area (Å²) in [5.41, 5.74) is 12.3. The number of nitrogens with one attached hydrogen (secondary N) is 4. The van der Waals surface area contributed by atoms with Gasteiger partial charge in [0.15, 0.2) is 0 Å². The minimum Gasteiger partial charge on any atom is -0.373 e. The molecular formula is C35H35Cl2N9. The average Bonchev–Trinajstić information content (AvgIpc) is 3.54. The van der Waals surface area contributed by atoms with E-state index in [1.54, 1.807) is 18.2 Å². The summed E-state index contributed by atoms with van der Waals surface area (Å²) in [6, 6.07) is 23.1. The first-order valence-electron chi connectivity index (χ1n) is 15.2. The quantitative estimate of drug-likeness (QED) is 0.160. The third-order valence-corrected chi connectivity index (χ3v) is 9.09. The third kappa shape index (κ3) is 6.69. The number of fused-ring (bicyclic) bond motifs is 1. The summed E-state index contributed by atoms with van der Waals surface area (Å²) in [4.78, 5) is 7.04. The highest BCUT2D eigenvalue weighted by Crippen LogP contribution is 2.37. The van der Waals surface area contributed by atoms with Crippen molar-refractivity contribution in [3.63, 3.8) is 0 Å². The zero-order chi connectivity index (χ0) is 32.4. The van der Waals surface area contributed by atoms with Crippen LogP contribution < -0.4 is 21.6 Å². The molecule has 4 aromatic rings. The van der Waals surface area contributed by atoms with Crippen LogP contribution >= 0.6 is 23.2 Å². The van der Waals surface area contributed by atoms with E-state index < -0.39 is 0 Å². The molecular weight excluding hydrogens is 617 g/mol. The molecule has 3 aromatic carbocycles. The van der Waals surface area contributed by atoms with Crippen LogP contribution in [0.25, 0.3) is 10.9 Å². The number of likely N-dealkylation sites (tertiary alicyclic amines) is 1. The van der Waals surface area contributed by atoms with Crippen LogP contribution in [-0.2, 0) is 0 Å². The van der Waals surface area contributed by atoms with Crippen molar-refractivity contribution in [1.29, 1.82) is 10.5 Å². The molecule has 46 heavy (non-hydrogen) atoms. The number of hydrazine groups is 2. The summed E-state index contributed by atoms with van der Waals surface area (Å²) in [5, 5.41) is 30.3. The monoisotopic (exact) mass is 651 g/mol. The Bertz CT molecular complexity index is 1860. The van der Waals surface area contributed by atoms with E-state index in [1.807, 2.05) is 42.5 Å². The van der Waals surface area contributed by atoms with Gasteiger partial charge in [0, 0.05) is 58.9 Å². The van der Waals surface area contributed by atoms with E-state index in [-0.39, 0.29) is 11.6 Å². The fraction of sp³-hybridized carbons (Fsp3) is 0.286. The van der Waals surface area contributed by atoms with Gasteiger partial charge in [0.1, 0.15) is 6.07 Å². The molecule has 0 amide bonds. The Morgan fingerprint density at radius 1 is 0.978 bits per heavy atom. The largest absolute Gasteiger partial charge is 0.373 e. The number of nitrogens with zero attached hydrogens (tertiary/aromatic N) is 5. The predicted octanol–water partition coefficient (Wildman–Crippen LogP) is 7.61. The average molecular weight is 653 g/mol. The SMILES string of the molecule is CC(C)(C)N1CCC(N2C=C([C@@H](Nc3cc(Cl)c4ncc(C#N)c(Nc5cccc(C#N)c5)c4c3)c3ccc(Cl)cc3)NN2)CC1. The van der Waals surface area contributed by atoms with E-state index in [2.05, 4.69) is 75.6 Å². The lowest BCUT2D eigenvalue weighted by molar-refractivity contribution is 0.0570. The van der Waals surface area contributed by atoms with Crippen molar-refractivity contribution >= 4 is 51.2 Å². The van der Waals surface area contributed by atoms with Gasteiger partial charge >= 0.3 is 0 Å². The van der Waals surface area contributed by atoms with E-state index in [0.717, 1.165) is 42.9 Å². The number of aromatic nitrogens is 1. The molecule has 2 aliphatic rings. The Balaban J connectivity index is 1.34. The summed E-state index contributed by atoms with van der Waals surface area (Å²) >= 11 is 13.1. The van der Waals surface area contributed by atoms with Gasteiger partial charge in [-0.05, 0) is 81.6 Å². The number of halogens is 2. The Labute approximate surface area is 279 Å². The molecule has 234 valence electrons. The minimum absolute atomic E-state index is 0.160. The van der Waals surface area contributed by atoms with Crippen molar-refractivity contribution < 1.29 is 0 Å². The molecule has 1 atom stereocenters. The van der Waals surface area contributed by atoms with Gasteiger partial charge < -0.3 is 16.1 Å². The number of pyridine rings is 1. The van der Waals surface area contributed by atoms with E-state index in [1.165, 1.54) is 6.20 Å². The Kier molecular flexibility index (Phi) is 8.95. The lowest BCUT2D eigenvalue weighted by Gasteiger charge is -2.42. The normalized spacial score (nSPS) is 16.3. The topological polar surface area (TPSA) is 115 Å². The predicted molar refractivity (Wildman–Crippen MR) is 184 cm³/mol. The molecule has 1 fully saturated rings. The molecule has 11 heteroatoms. The van der Waals surface area contributed by atoms with Gasteiger partial charge in [-0.15, -0.1) is 5.53 Å². The first kappa shape index (κ1) is 31.5. The second-order valence-corrected chi connectivity index (χ2v) is 13.4. The minimum atomic E-state index is -0.284. The lowest BCUT2D eigenvalue weighted by Crippen LogP contribution is -2.52. The van der Waals surface area contributed by atoms with E-state index in [4.69, 9.17) is 23.2 Å². The van der Waals surface area contributed by atoms with Gasteiger partial charge in [-0.25, -0.2) is 0 Å². The lowest BCUT2D eigenvalue weighted by atomic mass is 9.98. The van der Waals surface area contributed by atoms with Crippen LogP contribution in [0.3, 0.4) is 0 Å². The molecule has 6 rings (SSSR count). The standard InChI is InChI=1S/C35H35Cl2N9/c1-35(2,3)45-13-11-28(12-14-45)46-21-31(43-44-46)33(23-7-9-25(36)10-8-23)42-27-16-29-32(41-26-6-4-5-22(15-26)18-38)24(19-39)20-40-34(29)30(37)17-27/h4-10,15-17,20-21,28,33,42-44H,11-14H2,1-3H3,(H,40,41)/t33-/m0/s1. The van der Waals surface area contributed by atoms with Gasteiger partial charge in [0.25, 0.3) is 0 Å². The van der Waals surface area contributed by atoms with Crippen LogP contribution in [0.15, 0.2) is 78.8 Å². The van der Waals surface area contributed by atoms with Crippen molar-refractivity contribution in [3.8, 4) is 12.1 Å². The highest BCUT2D eigenvalue weighted by atomic mass is 35.5. The molecule has 2 aliphatic heterocycles. The van der Waals surface area contributed by atoms with Crippen LogP contribution in [0.1, 0.15) is 56.3 Å². The summed E-state index contributed by atoms with van der Waals surface area (Å²) in [6.07, 6.45) is 5.75. The molecule has 0 radical (unpaired) electrons. The van der Waals surface area contributed by atoms with Crippen LogP contribution in [0.5, 0.6) is 0 Å². The van der Waals surface area contributed by atoms with Crippen LogP contribution in [0.4, 0.5) is 17.1 Å². The van der Waals surface area contributed by atoms with Gasteiger partial charge in [-0.2, -0.15) is 10.5 Å². The fourth-order valence-corrected chi connectivity index (χ4v) is 6.43. The molecule has 0 spiro atoms. The molecule has 1 saturated heterocycles. The number of hydrogen-bond donors (Lipinski definition) is 4. The zero-order valence-electron chi connectivity index (χ0n) is 25.9. The number of nitriles is 2. The second-order valence-electron chi connectivity index (χ2n) is 12.6. The van der Waals surface area contributed by atoms with E-state index >= 15 is 0 Å². The molecule has 0 saturated carbocycles. The highest BCUT2D eigenvalue weighted by Gasteiger charge is 2.32. The van der Waals surface area contributed by atoms with Crippen LogP contribution in [0, 0.1) is 22.7 Å². The van der Waals surface area contributed by atoms with Crippen LogP contribution in [0.2, 0.25) is 10.0 Å². The summed E-state index contributed by atoms with van der Waals surface area (Å²) < 4.78 is 0. The molecule has 0 aliphatic carbocycles. The molecule has 1 aromatic heterocycles. The summed E-state index contributed by atoms with van der Waals surface area (Å²) in [5.74, 6) is 0. The first-order valence-corrected chi connectivity index (χ1v) is 16.0. The smallest absolute Gasteiger partial charge is 0.103 e. The number of hydrogen-bond acceptors (Lipinski definition) is 9. The Morgan fingerprint density at radius 3 is 2.43 bits per heavy atom.